The molecule has 4 aromatic carbocycles. The highest BCUT2D eigenvalue weighted by Crippen LogP contribution is 2.24. The van der Waals surface area contributed by atoms with E-state index >= 15 is 0 Å². The normalized spacial score (nSPS) is 9.94. The Morgan fingerprint density at radius 1 is 0.484 bits per heavy atom. The Bertz CT molecular complexity index is 1180. The van der Waals surface area contributed by atoms with E-state index in [1.54, 1.807) is 66.7 Å². The Balaban J connectivity index is 0.000000176. The zero-order chi connectivity index (χ0) is 22.2. The van der Waals surface area contributed by atoms with E-state index in [0.717, 1.165) is 6.07 Å². The molecule has 0 aliphatic carbocycles. The van der Waals surface area contributed by atoms with Crippen LogP contribution in [0.3, 0.4) is 0 Å². The van der Waals surface area contributed by atoms with E-state index in [4.69, 9.17) is 5.11 Å². The van der Waals surface area contributed by atoms with Crippen LogP contribution in [0.15, 0.2) is 103 Å². The summed E-state index contributed by atoms with van der Waals surface area (Å²) in [4.78, 5) is 23.8. The summed E-state index contributed by atoms with van der Waals surface area (Å²) in [5, 5.41) is 28.2. The standard InChI is InChI=1S/C13H10O3.C13H10O2/c14-10-6-7-11(12(15)8-10)13(16)9-4-2-1-3-5-9;14-12-9-5-4-8-11(12)13(15)10-6-2-1-3-7-10/h1-8,14-15H;1-9,14H. The predicted molar refractivity (Wildman–Crippen MR) is 118 cm³/mol. The molecule has 3 N–H and O–H groups in total. The smallest absolute Gasteiger partial charge is 0.196 e. The lowest BCUT2D eigenvalue weighted by molar-refractivity contribution is 0.102. The fourth-order valence-electron chi connectivity index (χ4n) is 2.87. The average molecular weight is 412 g/mol. The third-order valence-corrected chi connectivity index (χ3v) is 4.45. The van der Waals surface area contributed by atoms with Gasteiger partial charge in [0.25, 0.3) is 0 Å². The summed E-state index contributed by atoms with van der Waals surface area (Å²) in [6, 6.07) is 28.1. The number of rotatable bonds is 4. The first kappa shape index (κ1) is 21.3. The number of aromatic hydroxyl groups is 3. The molecule has 0 saturated heterocycles. The van der Waals surface area contributed by atoms with Gasteiger partial charge < -0.3 is 15.3 Å². The highest BCUT2D eigenvalue weighted by atomic mass is 16.3. The van der Waals surface area contributed by atoms with Crippen molar-refractivity contribution in [1.82, 2.24) is 0 Å². The molecule has 0 radical (unpaired) electrons. The minimum Gasteiger partial charge on any atom is -0.508 e. The molecule has 0 aromatic heterocycles. The number of hydrogen-bond donors (Lipinski definition) is 3. The Morgan fingerprint density at radius 2 is 0.935 bits per heavy atom. The lowest BCUT2D eigenvalue weighted by Crippen LogP contribution is -2.00. The fourth-order valence-corrected chi connectivity index (χ4v) is 2.87. The molecule has 0 saturated carbocycles. The van der Waals surface area contributed by atoms with Crippen molar-refractivity contribution < 1.29 is 24.9 Å². The molecule has 0 aliphatic rings. The predicted octanol–water partition coefficient (Wildman–Crippen LogP) is 4.95. The minimum atomic E-state index is -0.266. The Hall–Kier alpha value is -4.38. The van der Waals surface area contributed by atoms with Gasteiger partial charge in [0.2, 0.25) is 0 Å². The molecule has 0 fully saturated rings. The summed E-state index contributed by atoms with van der Waals surface area (Å²) < 4.78 is 0. The van der Waals surface area contributed by atoms with Crippen LogP contribution in [0.25, 0.3) is 0 Å². The van der Waals surface area contributed by atoms with E-state index in [0.29, 0.717) is 16.7 Å². The molecule has 0 bridgehead atoms. The molecule has 5 nitrogen and oxygen atoms in total. The van der Waals surface area contributed by atoms with E-state index in [-0.39, 0.29) is 34.4 Å². The van der Waals surface area contributed by atoms with Crippen LogP contribution in [0.5, 0.6) is 17.2 Å². The number of benzene rings is 4. The molecule has 4 rings (SSSR count). The van der Waals surface area contributed by atoms with Crippen LogP contribution in [-0.2, 0) is 0 Å². The Labute approximate surface area is 179 Å². The van der Waals surface area contributed by atoms with Gasteiger partial charge in [-0.2, -0.15) is 0 Å². The van der Waals surface area contributed by atoms with Gasteiger partial charge in [-0.3, -0.25) is 9.59 Å². The lowest BCUT2D eigenvalue weighted by atomic mass is 10.0. The maximum atomic E-state index is 11.9. The van der Waals surface area contributed by atoms with Gasteiger partial charge in [0.1, 0.15) is 17.2 Å². The van der Waals surface area contributed by atoms with Crippen LogP contribution >= 0.6 is 0 Å². The van der Waals surface area contributed by atoms with Gasteiger partial charge in [0.15, 0.2) is 11.6 Å². The molecular formula is C26H20O5. The lowest BCUT2D eigenvalue weighted by Gasteiger charge is -2.04. The van der Waals surface area contributed by atoms with Crippen molar-refractivity contribution in [2.45, 2.75) is 0 Å². The maximum Gasteiger partial charge on any atom is 0.196 e. The van der Waals surface area contributed by atoms with Crippen LogP contribution in [0, 0.1) is 0 Å². The van der Waals surface area contributed by atoms with Crippen LogP contribution in [0.1, 0.15) is 31.8 Å². The number of para-hydroxylation sites is 1. The van der Waals surface area contributed by atoms with E-state index in [9.17, 15) is 19.8 Å². The molecule has 0 heterocycles. The first-order chi connectivity index (χ1) is 15.0. The second-order valence-corrected chi connectivity index (χ2v) is 6.61. The van der Waals surface area contributed by atoms with Crippen molar-refractivity contribution in [2.75, 3.05) is 0 Å². The SMILES string of the molecule is O=C(c1ccccc1)c1ccc(O)cc1O.O=C(c1ccccc1)c1ccccc1O. The number of ketones is 2. The van der Waals surface area contributed by atoms with Crippen molar-refractivity contribution in [3.8, 4) is 17.2 Å². The molecule has 5 heteroatoms. The number of carbonyl (C=O) groups excluding carboxylic acids is 2. The monoisotopic (exact) mass is 412 g/mol. The van der Waals surface area contributed by atoms with E-state index < -0.39 is 0 Å². The highest BCUT2D eigenvalue weighted by molar-refractivity contribution is 6.11. The van der Waals surface area contributed by atoms with Crippen LogP contribution in [0.4, 0.5) is 0 Å². The molecule has 0 spiro atoms. The summed E-state index contributed by atoms with van der Waals surface area (Å²) in [5.74, 6) is -0.686. The second kappa shape index (κ2) is 9.89. The van der Waals surface area contributed by atoms with Crippen LogP contribution in [-0.4, -0.2) is 26.9 Å². The number of carbonyl (C=O) groups is 2. The van der Waals surface area contributed by atoms with Crippen LogP contribution < -0.4 is 0 Å². The topological polar surface area (TPSA) is 94.8 Å². The quantitative estimate of drug-likeness (QED) is 0.412. The second-order valence-electron chi connectivity index (χ2n) is 6.61. The van der Waals surface area contributed by atoms with Gasteiger partial charge in [-0.15, -0.1) is 0 Å². The first-order valence-electron chi connectivity index (χ1n) is 9.47. The summed E-state index contributed by atoms with van der Waals surface area (Å²) in [6.07, 6.45) is 0. The Kier molecular flexibility index (Phi) is 6.81. The van der Waals surface area contributed by atoms with Crippen molar-refractivity contribution in [3.63, 3.8) is 0 Å². The molecule has 0 atom stereocenters. The molecule has 0 aliphatic heterocycles. The zero-order valence-electron chi connectivity index (χ0n) is 16.5. The van der Waals surface area contributed by atoms with Gasteiger partial charge >= 0.3 is 0 Å². The summed E-state index contributed by atoms with van der Waals surface area (Å²) in [7, 11) is 0. The molecule has 154 valence electrons. The zero-order valence-corrected chi connectivity index (χ0v) is 16.5. The van der Waals surface area contributed by atoms with Crippen molar-refractivity contribution in [3.05, 3.63) is 125 Å². The minimum absolute atomic E-state index is 0.0198. The molecule has 0 unspecified atom stereocenters. The number of phenolic OH excluding ortho intramolecular Hbond substituents is 3. The number of hydrogen-bond acceptors (Lipinski definition) is 5. The fraction of sp³-hybridized carbons (Fsp3) is 0. The molecule has 31 heavy (non-hydrogen) atoms. The summed E-state index contributed by atoms with van der Waals surface area (Å²) in [5.41, 5.74) is 1.61. The summed E-state index contributed by atoms with van der Waals surface area (Å²) in [6.45, 7) is 0. The third-order valence-electron chi connectivity index (χ3n) is 4.45. The highest BCUT2D eigenvalue weighted by Gasteiger charge is 2.13. The maximum absolute atomic E-state index is 11.9. The molecular weight excluding hydrogens is 392 g/mol. The first-order valence-corrected chi connectivity index (χ1v) is 9.47. The van der Waals surface area contributed by atoms with E-state index in [1.165, 1.54) is 18.2 Å². The third kappa shape index (κ3) is 5.36. The van der Waals surface area contributed by atoms with Gasteiger partial charge in [0, 0.05) is 17.2 Å². The largest absolute Gasteiger partial charge is 0.508 e. The summed E-state index contributed by atoms with van der Waals surface area (Å²) >= 11 is 0. The van der Waals surface area contributed by atoms with Crippen molar-refractivity contribution >= 4 is 11.6 Å². The van der Waals surface area contributed by atoms with E-state index in [1.807, 2.05) is 12.1 Å². The van der Waals surface area contributed by atoms with Gasteiger partial charge in [-0.05, 0) is 24.3 Å². The molecule has 0 amide bonds. The van der Waals surface area contributed by atoms with Gasteiger partial charge in [-0.1, -0.05) is 72.8 Å². The Morgan fingerprint density at radius 3 is 1.42 bits per heavy atom. The van der Waals surface area contributed by atoms with Crippen molar-refractivity contribution in [2.24, 2.45) is 0 Å². The molecule has 4 aromatic rings. The number of phenols is 3. The van der Waals surface area contributed by atoms with Gasteiger partial charge in [0.05, 0.1) is 11.1 Å². The van der Waals surface area contributed by atoms with Gasteiger partial charge in [-0.25, -0.2) is 0 Å². The van der Waals surface area contributed by atoms with E-state index in [2.05, 4.69) is 0 Å². The van der Waals surface area contributed by atoms with Crippen molar-refractivity contribution in [1.29, 1.82) is 0 Å². The van der Waals surface area contributed by atoms with Crippen LogP contribution in [0.2, 0.25) is 0 Å². The average Bonchev–Trinajstić information content (AvgIpc) is 2.80.